The third-order valence-corrected chi connectivity index (χ3v) is 6.41. The number of urea groups is 1. The van der Waals surface area contributed by atoms with Crippen molar-refractivity contribution in [2.45, 2.75) is 19.3 Å². The van der Waals surface area contributed by atoms with Crippen LogP contribution < -0.4 is 20.3 Å². The van der Waals surface area contributed by atoms with E-state index in [1.165, 1.54) is 24.9 Å². The molecule has 0 atom stereocenters. The second-order valence-corrected chi connectivity index (χ2v) is 8.43. The maximum absolute atomic E-state index is 13.1. The molecule has 4 rings (SSSR count). The highest BCUT2D eigenvalue weighted by atomic mass is 16.5. The Morgan fingerprint density at radius 3 is 2.52 bits per heavy atom. The molecule has 0 aliphatic carbocycles. The third kappa shape index (κ3) is 4.99. The summed E-state index contributed by atoms with van der Waals surface area (Å²) in [6.45, 7) is 6.74. The van der Waals surface area contributed by atoms with Crippen molar-refractivity contribution in [3.63, 3.8) is 0 Å². The number of nitrogens with one attached hydrogen (secondary N) is 2. The Kier molecular flexibility index (Phi) is 6.72. The van der Waals surface area contributed by atoms with E-state index in [1.54, 1.807) is 18.2 Å². The lowest BCUT2D eigenvalue weighted by Crippen LogP contribution is -2.50. The molecule has 2 N–H and O–H groups in total. The zero-order valence-corrected chi connectivity index (χ0v) is 18.1. The van der Waals surface area contributed by atoms with Crippen molar-refractivity contribution in [1.29, 1.82) is 0 Å². The fourth-order valence-electron chi connectivity index (χ4n) is 4.57. The smallest absolute Gasteiger partial charge is 0.328 e. The average molecular weight is 430 g/mol. The normalized spacial score (nSPS) is 21.2. The quantitative estimate of drug-likeness (QED) is 0.722. The molecule has 168 valence electrons. The molecule has 31 heavy (non-hydrogen) atoms. The summed E-state index contributed by atoms with van der Waals surface area (Å²) in [5.74, 6) is 0.900. The number of methoxy groups -OCH3 is 1. The van der Waals surface area contributed by atoms with E-state index in [-0.39, 0.29) is 24.8 Å². The van der Waals surface area contributed by atoms with Gasteiger partial charge in [-0.25, -0.2) is 4.79 Å². The lowest BCUT2D eigenvalue weighted by atomic mass is 9.97. The summed E-state index contributed by atoms with van der Waals surface area (Å²) < 4.78 is 5.40. The monoisotopic (exact) mass is 429 g/mol. The largest absolute Gasteiger partial charge is 0.495 e. The number of ether oxygens (including phenoxy) is 1. The van der Waals surface area contributed by atoms with E-state index in [1.807, 2.05) is 4.90 Å². The van der Waals surface area contributed by atoms with Gasteiger partial charge in [0.25, 0.3) is 5.91 Å². The summed E-state index contributed by atoms with van der Waals surface area (Å²) in [5, 5.41) is 5.73. The van der Waals surface area contributed by atoms with Crippen LogP contribution in [0, 0.1) is 5.92 Å². The highest BCUT2D eigenvalue weighted by Gasteiger charge is 2.29. The zero-order valence-electron chi connectivity index (χ0n) is 18.1. The Labute approximate surface area is 182 Å². The molecule has 3 aliphatic heterocycles. The number of hydrogen-bond donors (Lipinski definition) is 2. The molecule has 0 bridgehead atoms. The number of nitrogens with zero attached hydrogens (tertiary/aromatic N) is 3. The molecule has 0 radical (unpaired) electrons. The van der Waals surface area contributed by atoms with Crippen LogP contribution >= 0.6 is 0 Å². The second-order valence-electron chi connectivity index (χ2n) is 8.43. The Morgan fingerprint density at radius 2 is 1.84 bits per heavy atom. The standard InChI is InChI=1S/C22H31N5O4/c1-31-19-3-2-17(14-18(19)27-9-6-20(28)24-22(27)30)21(29)26-12-10-25(11-13-26)15-16-4-7-23-8-5-16/h2-3,14,16,23H,4-13,15H2,1H3,(H,24,28,30). The second kappa shape index (κ2) is 9.65. The highest BCUT2D eigenvalue weighted by Crippen LogP contribution is 2.31. The van der Waals surface area contributed by atoms with Crippen molar-refractivity contribution in [2.75, 3.05) is 64.4 Å². The van der Waals surface area contributed by atoms with E-state index in [4.69, 9.17) is 4.74 Å². The predicted molar refractivity (Wildman–Crippen MR) is 116 cm³/mol. The van der Waals surface area contributed by atoms with E-state index in [0.29, 0.717) is 30.1 Å². The summed E-state index contributed by atoms with van der Waals surface area (Å²) in [4.78, 5) is 42.7. The molecule has 0 aromatic heterocycles. The van der Waals surface area contributed by atoms with Crippen LogP contribution in [0.1, 0.15) is 29.6 Å². The van der Waals surface area contributed by atoms with E-state index < -0.39 is 6.03 Å². The van der Waals surface area contributed by atoms with Gasteiger partial charge < -0.3 is 15.0 Å². The summed E-state index contributed by atoms with van der Waals surface area (Å²) in [7, 11) is 1.52. The maximum atomic E-state index is 13.1. The minimum absolute atomic E-state index is 0.0427. The van der Waals surface area contributed by atoms with Crippen molar-refractivity contribution in [2.24, 2.45) is 5.92 Å². The first kappa shape index (κ1) is 21.6. The van der Waals surface area contributed by atoms with Gasteiger partial charge in [-0.15, -0.1) is 0 Å². The zero-order chi connectivity index (χ0) is 21.8. The first-order valence-electron chi connectivity index (χ1n) is 11.1. The minimum atomic E-state index is -0.495. The molecule has 3 aliphatic rings. The number of carbonyl (C=O) groups excluding carboxylic acids is 3. The van der Waals surface area contributed by atoms with Crippen molar-refractivity contribution in [3.05, 3.63) is 23.8 Å². The van der Waals surface area contributed by atoms with Crippen LogP contribution in [0.2, 0.25) is 0 Å². The predicted octanol–water partition coefficient (Wildman–Crippen LogP) is 0.899. The van der Waals surface area contributed by atoms with E-state index >= 15 is 0 Å². The molecule has 9 nitrogen and oxygen atoms in total. The van der Waals surface area contributed by atoms with Crippen LogP contribution in [0.25, 0.3) is 0 Å². The van der Waals surface area contributed by atoms with Crippen LogP contribution in [-0.2, 0) is 4.79 Å². The number of piperidine rings is 1. The summed E-state index contributed by atoms with van der Waals surface area (Å²) >= 11 is 0. The SMILES string of the molecule is COc1ccc(C(=O)N2CCN(CC3CCNCC3)CC2)cc1N1CCC(=O)NC1=O. The third-order valence-electron chi connectivity index (χ3n) is 6.41. The first-order valence-corrected chi connectivity index (χ1v) is 11.1. The minimum Gasteiger partial charge on any atom is -0.495 e. The van der Waals surface area contributed by atoms with Crippen LogP contribution in [0.3, 0.4) is 0 Å². The topological polar surface area (TPSA) is 94.2 Å². The molecule has 0 spiro atoms. The number of rotatable bonds is 5. The van der Waals surface area contributed by atoms with Gasteiger partial charge in [0.05, 0.1) is 12.8 Å². The molecule has 9 heteroatoms. The Balaban J connectivity index is 1.40. The van der Waals surface area contributed by atoms with Gasteiger partial charge in [0.1, 0.15) is 5.75 Å². The average Bonchev–Trinajstić information content (AvgIpc) is 2.79. The van der Waals surface area contributed by atoms with Crippen LogP contribution in [0.4, 0.5) is 10.5 Å². The first-order chi connectivity index (χ1) is 15.0. The fourth-order valence-corrected chi connectivity index (χ4v) is 4.57. The van der Waals surface area contributed by atoms with E-state index in [0.717, 1.165) is 38.6 Å². The van der Waals surface area contributed by atoms with Crippen LogP contribution in [-0.4, -0.2) is 87.1 Å². The lowest BCUT2D eigenvalue weighted by molar-refractivity contribution is -0.120. The molecular weight excluding hydrogens is 398 g/mol. The van der Waals surface area contributed by atoms with Gasteiger partial charge in [-0.3, -0.25) is 24.7 Å². The van der Waals surface area contributed by atoms with Gasteiger partial charge in [-0.1, -0.05) is 0 Å². The fraction of sp³-hybridized carbons (Fsp3) is 0.591. The highest BCUT2D eigenvalue weighted by molar-refractivity contribution is 6.07. The van der Waals surface area contributed by atoms with Gasteiger partial charge in [0.2, 0.25) is 5.91 Å². The molecule has 3 heterocycles. The summed E-state index contributed by atoms with van der Waals surface area (Å²) in [6, 6.07) is 4.64. The number of piperazine rings is 1. The maximum Gasteiger partial charge on any atom is 0.328 e. The number of benzene rings is 1. The molecule has 3 fully saturated rings. The number of anilines is 1. The molecule has 1 aromatic carbocycles. The van der Waals surface area contributed by atoms with Gasteiger partial charge in [-0.05, 0) is 50.0 Å². The molecule has 0 unspecified atom stereocenters. The Hall–Kier alpha value is -2.65. The van der Waals surface area contributed by atoms with Crippen LogP contribution in [0.15, 0.2) is 18.2 Å². The van der Waals surface area contributed by atoms with Gasteiger partial charge >= 0.3 is 6.03 Å². The van der Waals surface area contributed by atoms with Crippen molar-refractivity contribution in [3.8, 4) is 5.75 Å². The molecule has 3 saturated heterocycles. The number of carbonyl (C=O) groups is 3. The Bertz CT molecular complexity index is 831. The number of amides is 4. The van der Waals surface area contributed by atoms with Crippen molar-refractivity contribution in [1.82, 2.24) is 20.4 Å². The van der Waals surface area contributed by atoms with Gasteiger partial charge in [-0.2, -0.15) is 0 Å². The molecule has 1 aromatic rings. The number of imide groups is 1. The van der Waals surface area contributed by atoms with Crippen molar-refractivity contribution < 1.29 is 19.1 Å². The summed E-state index contributed by atoms with van der Waals surface area (Å²) in [5.41, 5.74) is 1.02. The molecule has 4 amide bonds. The van der Waals surface area contributed by atoms with Gasteiger partial charge in [0, 0.05) is 51.3 Å². The summed E-state index contributed by atoms with van der Waals surface area (Å²) in [6.07, 6.45) is 2.67. The molecule has 0 saturated carbocycles. The van der Waals surface area contributed by atoms with Gasteiger partial charge in [0.15, 0.2) is 0 Å². The van der Waals surface area contributed by atoms with E-state index in [2.05, 4.69) is 15.5 Å². The van der Waals surface area contributed by atoms with Crippen molar-refractivity contribution >= 4 is 23.5 Å². The number of hydrogen-bond acceptors (Lipinski definition) is 6. The van der Waals surface area contributed by atoms with Crippen LogP contribution in [0.5, 0.6) is 5.75 Å². The Morgan fingerprint density at radius 1 is 1.10 bits per heavy atom. The molecular formula is C22H31N5O4. The van der Waals surface area contributed by atoms with E-state index in [9.17, 15) is 14.4 Å². The lowest BCUT2D eigenvalue weighted by Gasteiger charge is -2.37.